The zero-order chi connectivity index (χ0) is 13.9. The summed E-state index contributed by atoms with van der Waals surface area (Å²) in [6.07, 6.45) is 9.01. The van der Waals surface area contributed by atoms with Crippen LogP contribution in [-0.4, -0.2) is 17.4 Å². The van der Waals surface area contributed by atoms with Gasteiger partial charge in [0.1, 0.15) is 0 Å². The van der Waals surface area contributed by atoms with Crippen molar-refractivity contribution in [3.63, 3.8) is 0 Å². The van der Waals surface area contributed by atoms with Crippen LogP contribution < -0.4 is 5.32 Å². The number of H-pyrrole nitrogens is 1. The first-order valence-corrected chi connectivity index (χ1v) is 7.28. The van der Waals surface area contributed by atoms with Gasteiger partial charge in [0.2, 0.25) is 5.91 Å². The number of aryl methyl sites for hydroxylation is 2. The monoisotopic (exact) mass is 268 g/mol. The van der Waals surface area contributed by atoms with Gasteiger partial charge in [-0.05, 0) is 48.9 Å². The number of aromatic amines is 1. The molecule has 0 saturated heterocycles. The highest BCUT2D eigenvalue weighted by Gasteiger charge is 2.14. The molecule has 20 heavy (non-hydrogen) atoms. The number of fused-ring (bicyclic) bond motifs is 3. The number of nitrogens with one attached hydrogen (secondary N) is 2. The summed E-state index contributed by atoms with van der Waals surface area (Å²) in [6.45, 7) is 2.12. The number of rotatable bonds is 3. The molecule has 1 aromatic carbocycles. The van der Waals surface area contributed by atoms with Crippen LogP contribution in [0, 0.1) is 0 Å². The van der Waals surface area contributed by atoms with Crippen LogP contribution in [0.2, 0.25) is 0 Å². The second-order valence-electron chi connectivity index (χ2n) is 5.43. The van der Waals surface area contributed by atoms with Gasteiger partial charge in [-0.1, -0.05) is 18.2 Å². The molecule has 1 heterocycles. The average molecular weight is 268 g/mol. The third kappa shape index (κ3) is 2.62. The molecule has 1 aliphatic carbocycles. The lowest BCUT2D eigenvalue weighted by Gasteiger charge is -2.10. The molecule has 0 saturated carbocycles. The van der Waals surface area contributed by atoms with E-state index in [1.807, 2.05) is 6.08 Å². The Kier molecular flexibility index (Phi) is 3.59. The van der Waals surface area contributed by atoms with E-state index in [1.165, 1.54) is 60.3 Å². The van der Waals surface area contributed by atoms with Crippen LogP contribution in [0.5, 0.6) is 0 Å². The Hall–Kier alpha value is -2.03. The molecule has 3 nitrogen and oxygen atoms in total. The van der Waals surface area contributed by atoms with Crippen molar-refractivity contribution in [2.45, 2.75) is 32.6 Å². The highest BCUT2D eigenvalue weighted by Crippen LogP contribution is 2.29. The van der Waals surface area contributed by atoms with Crippen LogP contribution in [0.3, 0.4) is 0 Å². The molecule has 2 N–H and O–H groups in total. The van der Waals surface area contributed by atoms with Crippen molar-refractivity contribution in [1.29, 1.82) is 0 Å². The Labute approximate surface area is 119 Å². The Balaban J connectivity index is 1.84. The number of aromatic nitrogens is 1. The van der Waals surface area contributed by atoms with Crippen molar-refractivity contribution in [3.05, 3.63) is 41.1 Å². The number of hydrogen-bond acceptors (Lipinski definition) is 1. The van der Waals surface area contributed by atoms with E-state index in [1.54, 1.807) is 0 Å². The second-order valence-corrected chi connectivity index (χ2v) is 5.43. The first-order valence-electron chi connectivity index (χ1n) is 7.28. The van der Waals surface area contributed by atoms with E-state index in [2.05, 4.69) is 34.6 Å². The van der Waals surface area contributed by atoms with E-state index in [0.717, 1.165) is 0 Å². The van der Waals surface area contributed by atoms with Crippen LogP contribution >= 0.6 is 0 Å². The van der Waals surface area contributed by atoms with Gasteiger partial charge in [0.25, 0.3) is 0 Å². The molecular formula is C17H20N2O. The molecule has 2 aromatic rings. The van der Waals surface area contributed by atoms with Gasteiger partial charge in [-0.3, -0.25) is 4.79 Å². The van der Waals surface area contributed by atoms with Gasteiger partial charge in [-0.25, -0.2) is 0 Å². The van der Waals surface area contributed by atoms with Gasteiger partial charge in [0.15, 0.2) is 0 Å². The van der Waals surface area contributed by atoms with Gasteiger partial charge in [0, 0.05) is 30.1 Å². The second kappa shape index (κ2) is 5.53. The predicted octanol–water partition coefficient (Wildman–Crippen LogP) is 3.20. The largest absolute Gasteiger partial charge is 0.358 e. The van der Waals surface area contributed by atoms with Crippen molar-refractivity contribution in [1.82, 2.24) is 10.3 Å². The minimum Gasteiger partial charge on any atom is -0.358 e. The lowest BCUT2D eigenvalue weighted by Crippen LogP contribution is -2.19. The van der Waals surface area contributed by atoms with Crippen LogP contribution in [0.25, 0.3) is 17.0 Å². The number of carbonyl (C=O) groups excluding carboxylic acids is 1. The number of benzene rings is 1. The highest BCUT2D eigenvalue weighted by atomic mass is 16.1. The van der Waals surface area contributed by atoms with Gasteiger partial charge in [-0.2, -0.15) is 0 Å². The molecule has 0 fully saturated rings. The van der Waals surface area contributed by atoms with Crippen molar-refractivity contribution < 1.29 is 4.79 Å². The van der Waals surface area contributed by atoms with Crippen molar-refractivity contribution >= 4 is 22.9 Å². The molecule has 3 rings (SSSR count). The summed E-state index contributed by atoms with van der Waals surface area (Å²) in [5.74, 6) is 0.00445. The van der Waals surface area contributed by atoms with Gasteiger partial charge >= 0.3 is 0 Å². The molecule has 104 valence electrons. The Bertz CT molecular complexity index is 667. The smallest absolute Gasteiger partial charge is 0.217 e. The molecule has 1 aromatic heterocycles. The van der Waals surface area contributed by atoms with E-state index < -0.39 is 0 Å². The fourth-order valence-corrected chi connectivity index (χ4v) is 2.92. The van der Waals surface area contributed by atoms with Crippen molar-refractivity contribution in [3.8, 4) is 0 Å². The molecule has 1 amide bonds. The standard InChI is InChI=1S/C17H20N2O/c1-12(20)18-10-4-5-13-8-9-17-15(11-13)14-6-2-3-7-16(14)19-17/h4-5,8-9,11,19H,2-3,6-7,10H2,1H3,(H,18,20). The lowest BCUT2D eigenvalue weighted by atomic mass is 9.95. The molecule has 0 radical (unpaired) electrons. The third-order valence-corrected chi connectivity index (χ3v) is 3.90. The van der Waals surface area contributed by atoms with E-state index in [-0.39, 0.29) is 5.91 Å². The van der Waals surface area contributed by atoms with E-state index >= 15 is 0 Å². The first-order chi connectivity index (χ1) is 9.74. The summed E-state index contributed by atoms with van der Waals surface area (Å²) in [5, 5.41) is 4.13. The summed E-state index contributed by atoms with van der Waals surface area (Å²) >= 11 is 0. The van der Waals surface area contributed by atoms with E-state index in [4.69, 9.17) is 0 Å². The summed E-state index contributed by atoms with van der Waals surface area (Å²) in [6, 6.07) is 6.53. The minimum atomic E-state index is 0.00445. The molecule has 0 aliphatic heterocycles. The van der Waals surface area contributed by atoms with Crippen LogP contribution in [0.15, 0.2) is 24.3 Å². The van der Waals surface area contributed by atoms with E-state index in [0.29, 0.717) is 6.54 Å². The van der Waals surface area contributed by atoms with Crippen molar-refractivity contribution in [2.24, 2.45) is 0 Å². The highest BCUT2D eigenvalue weighted by molar-refractivity contribution is 5.87. The Morgan fingerprint density at radius 2 is 2.20 bits per heavy atom. The fraction of sp³-hybridized carbons (Fsp3) is 0.353. The summed E-state index contributed by atoms with van der Waals surface area (Å²) in [5.41, 5.74) is 5.36. The van der Waals surface area contributed by atoms with Crippen molar-refractivity contribution in [2.75, 3.05) is 6.54 Å². The van der Waals surface area contributed by atoms with Gasteiger partial charge in [0.05, 0.1) is 0 Å². The molecule has 0 spiro atoms. The minimum absolute atomic E-state index is 0.00445. The summed E-state index contributed by atoms with van der Waals surface area (Å²) < 4.78 is 0. The molecule has 3 heteroatoms. The van der Waals surface area contributed by atoms with Gasteiger partial charge in [-0.15, -0.1) is 0 Å². The van der Waals surface area contributed by atoms with Gasteiger partial charge < -0.3 is 10.3 Å². The first kappa shape index (κ1) is 13.0. The quantitative estimate of drug-likeness (QED) is 0.882. The number of amides is 1. The predicted molar refractivity (Wildman–Crippen MR) is 82.7 cm³/mol. The zero-order valence-corrected chi connectivity index (χ0v) is 11.8. The van der Waals surface area contributed by atoms with E-state index in [9.17, 15) is 4.79 Å². The van der Waals surface area contributed by atoms with Crippen LogP contribution in [-0.2, 0) is 17.6 Å². The summed E-state index contributed by atoms with van der Waals surface area (Å²) in [7, 11) is 0. The molecule has 0 unspecified atom stereocenters. The molecular weight excluding hydrogens is 248 g/mol. The third-order valence-electron chi connectivity index (χ3n) is 3.90. The van der Waals surface area contributed by atoms with Crippen LogP contribution in [0.4, 0.5) is 0 Å². The topological polar surface area (TPSA) is 44.9 Å². The Morgan fingerprint density at radius 3 is 3.05 bits per heavy atom. The lowest BCUT2D eigenvalue weighted by molar-refractivity contribution is -0.118. The normalized spacial score (nSPS) is 14.7. The maximum atomic E-state index is 10.8. The molecule has 0 bridgehead atoms. The maximum absolute atomic E-state index is 10.8. The molecule has 1 aliphatic rings. The fourth-order valence-electron chi connectivity index (χ4n) is 2.92. The molecule has 0 atom stereocenters. The summed E-state index contributed by atoms with van der Waals surface area (Å²) in [4.78, 5) is 14.4. The Morgan fingerprint density at radius 1 is 1.35 bits per heavy atom. The SMILES string of the molecule is CC(=O)NCC=Cc1ccc2[nH]c3c(c2c1)CCCC3. The van der Waals surface area contributed by atoms with Crippen LogP contribution in [0.1, 0.15) is 36.6 Å². The average Bonchev–Trinajstić information content (AvgIpc) is 2.81. The number of carbonyl (C=O) groups is 1. The maximum Gasteiger partial charge on any atom is 0.217 e. The zero-order valence-electron chi connectivity index (χ0n) is 11.8. The number of hydrogen-bond donors (Lipinski definition) is 2.